The van der Waals surface area contributed by atoms with Gasteiger partial charge in [0, 0.05) is 61.4 Å². The summed E-state index contributed by atoms with van der Waals surface area (Å²) in [5.41, 5.74) is 4.86. The van der Waals surface area contributed by atoms with E-state index < -0.39 is 0 Å². The number of benzene rings is 1. The van der Waals surface area contributed by atoms with Crippen LogP contribution in [-0.4, -0.2) is 49.2 Å². The van der Waals surface area contributed by atoms with Crippen molar-refractivity contribution in [3.8, 4) is 34.2 Å². The number of aromatic amines is 1. The summed E-state index contributed by atoms with van der Waals surface area (Å²) in [6, 6.07) is 10.5. The van der Waals surface area contributed by atoms with Crippen LogP contribution in [0.25, 0.3) is 39.2 Å². The molecule has 1 saturated carbocycles. The Hall–Kier alpha value is -4.24. The van der Waals surface area contributed by atoms with Crippen molar-refractivity contribution in [1.82, 2.24) is 29.0 Å². The van der Waals surface area contributed by atoms with Gasteiger partial charge in [0.05, 0.1) is 7.11 Å². The number of rotatable bonds is 7. The molecule has 2 aliphatic rings. The first-order valence-corrected chi connectivity index (χ1v) is 14.7. The molecule has 42 heavy (non-hydrogen) atoms. The van der Waals surface area contributed by atoms with E-state index in [4.69, 9.17) is 9.72 Å². The summed E-state index contributed by atoms with van der Waals surface area (Å²) in [4.78, 5) is 29.2. The van der Waals surface area contributed by atoms with Crippen LogP contribution in [0.4, 0.5) is 4.39 Å². The minimum absolute atomic E-state index is 0.150. The molecule has 1 aliphatic heterocycles. The molecule has 216 valence electrons. The van der Waals surface area contributed by atoms with Gasteiger partial charge in [0.1, 0.15) is 23.0 Å². The molecule has 1 saturated heterocycles. The molecule has 1 aromatic carbocycles. The second-order valence-electron chi connectivity index (χ2n) is 11.9. The van der Waals surface area contributed by atoms with Crippen LogP contribution in [0.1, 0.15) is 49.8 Å². The number of piperidine rings is 1. The van der Waals surface area contributed by atoms with Gasteiger partial charge in [-0.1, -0.05) is 13.0 Å². The molecule has 9 heteroatoms. The molecular formula is C33H35FN6O2. The molecule has 2 fully saturated rings. The van der Waals surface area contributed by atoms with E-state index in [9.17, 15) is 9.18 Å². The lowest BCUT2D eigenvalue weighted by atomic mass is 9.99. The molecule has 0 radical (unpaired) electrons. The third-order valence-corrected chi connectivity index (χ3v) is 8.64. The zero-order valence-corrected chi connectivity index (χ0v) is 24.2. The number of nitrogens with one attached hydrogen (secondary N) is 1. The number of H-pyrrole nitrogens is 1. The molecule has 5 aromatic rings. The minimum atomic E-state index is -0.352. The molecule has 0 bridgehead atoms. The fourth-order valence-electron chi connectivity index (χ4n) is 6.39. The van der Waals surface area contributed by atoms with E-state index >= 15 is 0 Å². The van der Waals surface area contributed by atoms with Crippen LogP contribution in [0.15, 0.2) is 59.8 Å². The number of ether oxygens (including phenoxy) is 1. The second-order valence-corrected chi connectivity index (χ2v) is 11.9. The Morgan fingerprint density at radius 2 is 1.98 bits per heavy atom. The van der Waals surface area contributed by atoms with Crippen LogP contribution in [0.2, 0.25) is 0 Å². The number of hydrogen-bond acceptors (Lipinski definition) is 5. The third kappa shape index (κ3) is 4.91. The first-order chi connectivity index (χ1) is 20.4. The van der Waals surface area contributed by atoms with Gasteiger partial charge in [-0.05, 0) is 85.0 Å². The van der Waals surface area contributed by atoms with Gasteiger partial charge in [-0.25, -0.2) is 9.37 Å². The lowest BCUT2D eigenvalue weighted by Gasteiger charge is -2.30. The van der Waals surface area contributed by atoms with Crippen LogP contribution in [0.3, 0.4) is 0 Å². The predicted molar refractivity (Wildman–Crippen MR) is 161 cm³/mol. The van der Waals surface area contributed by atoms with Gasteiger partial charge in [0.15, 0.2) is 0 Å². The van der Waals surface area contributed by atoms with Crippen LogP contribution in [0.5, 0.6) is 5.88 Å². The van der Waals surface area contributed by atoms with E-state index in [0.29, 0.717) is 40.4 Å². The molecule has 0 amide bonds. The zero-order valence-electron chi connectivity index (χ0n) is 24.2. The number of imidazole rings is 1. The molecular weight excluding hydrogens is 531 g/mol. The first kappa shape index (κ1) is 26.6. The van der Waals surface area contributed by atoms with Crippen LogP contribution < -0.4 is 10.3 Å². The van der Waals surface area contributed by atoms with Crippen molar-refractivity contribution in [2.24, 2.45) is 13.0 Å². The van der Waals surface area contributed by atoms with E-state index in [1.165, 1.54) is 30.5 Å². The highest BCUT2D eigenvalue weighted by molar-refractivity contribution is 5.85. The van der Waals surface area contributed by atoms with Crippen molar-refractivity contribution < 1.29 is 9.13 Å². The lowest BCUT2D eigenvalue weighted by Crippen LogP contribution is -2.33. The van der Waals surface area contributed by atoms with Gasteiger partial charge in [-0.2, -0.15) is 4.98 Å². The average Bonchev–Trinajstić information content (AvgIpc) is 3.59. The van der Waals surface area contributed by atoms with Crippen molar-refractivity contribution in [2.75, 3.05) is 20.2 Å². The van der Waals surface area contributed by atoms with Gasteiger partial charge in [-0.3, -0.25) is 14.3 Å². The van der Waals surface area contributed by atoms with Crippen molar-refractivity contribution in [2.45, 2.75) is 45.1 Å². The van der Waals surface area contributed by atoms with E-state index in [1.54, 1.807) is 30.0 Å². The number of aromatic nitrogens is 5. The maximum atomic E-state index is 14.4. The highest BCUT2D eigenvalue weighted by Gasteiger charge is 2.29. The summed E-state index contributed by atoms with van der Waals surface area (Å²) in [7, 11) is 3.43. The topological polar surface area (TPSA) is 81.0 Å². The molecule has 7 rings (SSSR count). The molecule has 1 atom stereocenters. The number of likely N-dealkylation sites (tertiary alicyclic amines) is 1. The highest BCUT2D eigenvalue weighted by atomic mass is 19.1. The number of methoxy groups -OCH3 is 1. The van der Waals surface area contributed by atoms with Crippen molar-refractivity contribution in [3.63, 3.8) is 0 Å². The Bertz CT molecular complexity index is 1850. The first-order valence-electron chi connectivity index (χ1n) is 14.7. The van der Waals surface area contributed by atoms with Crippen molar-refractivity contribution in [1.29, 1.82) is 0 Å². The zero-order chi connectivity index (χ0) is 29.0. The lowest BCUT2D eigenvalue weighted by molar-refractivity contribution is 0.175. The fourth-order valence-corrected chi connectivity index (χ4v) is 6.39. The summed E-state index contributed by atoms with van der Waals surface area (Å²) in [5.74, 6) is 2.22. The third-order valence-electron chi connectivity index (χ3n) is 8.64. The Labute approximate surface area is 243 Å². The number of fused-ring (bicyclic) bond motifs is 1. The Kier molecular flexibility index (Phi) is 6.69. The number of halogens is 1. The summed E-state index contributed by atoms with van der Waals surface area (Å²) in [5, 5.41) is 1.01. The van der Waals surface area contributed by atoms with Crippen LogP contribution in [-0.2, 0) is 13.6 Å². The SMILES string of the molecule is COc1cc(-c2ccc(F)cc2-c2nccn2C)cc(-n2cc(C3CC3)c3cc(CN4CCC[C@H](C)C4)[nH]c3c2=O)n1. The number of aryl methyl sites for hydroxylation is 1. The summed E-state index contributed by atoms with van der Waals surface area (Å²) < 4.78 is 23.5. The Morgan fingerprint density at radius 1 is 1.12 bits per heavy atom. The number of nitrogens with zero attached hydrogens (tertiary/aromatic N) is 5. The average molecular weight is 567 g/mol. The molecule has 1 N–H and O–H groups in total. The fraction of sp³-hybridized carbons (Fsp3) is 0.364. The van der Waals surface area contributed by atoms with E-state index in [0.717, 1.165) is 54.7 Å². The normalized spacial score (nSPS) is 17.7. The van der Waals surface area contributed by atoms with Crippen LogP contribution >= 0.6 is 0 Å². The predicted octanol–water partition coefficient (Wildman–Crippen LogP) is 6.04. The monoisotopic (exact) mass is 566 g/mol. The van der Waals surface area contributed by atoms with Gasteiger partial charge < -0.3 is 14.3 Å². The maximum Gasteiger partial charge on any atom is 0.280 e. The summed E-state index contributed by atoms with van der Waals surface area (Å²) in [6.45, 7) is 5.28. The van der Waals surface area contributed by atoms with Gasteiger partial charge in [-0.15, -0.1) is 0 Å². The highest BCUT2D eigenvalue weighted by Crippen LogP contribution is 2.43. The number of hydrogen-bond donors (Lipinski definition) is 1. The van der Waals surface area contributed by atoms with E-state index in [-0.39, 0.29) is 11.4 Å². The smallest absolute Gasteiger partial charge is 0.280 e. The summed E-state index contributed by atoms with van der Waals surface area (Å²) >= 11 is 0. The van der Waals surface area contributed by atoms with Crippen LogP contribution in [0, 0.1) is 11.7 Å². The number of pyridine rings is 2. The van der Waals surface area contributed by atoms with Crippen molar-refractivity contribution in [3.05, 3.63) is 82.4 Å². The summed E-state index contributed by atoms with van der Waals surface area (Å²) in [6.07, 6.45) is 10.2. The van der Waals surface area contributed by atoms with E-state index in [1.807, 2.05) is 30.1 Å². The molecule has 1 aliphatic carbocycles. The Morgan fingerprint density at radius 3 is 2.71 bits per heavy atom. The molecule has 4 aromatic heterocycles. The van der Waals surface area contributed by atoms with E-state index in [2.05, 4.69) is 27.9 Å². The quantitative estimate of drug-likeness (QED) is 0.260. The molecule has 8 nitrogen and oxygen atoms in total. The van der Waals surface area contributed by atoms with Gasteiger partial charge in [0.25, 0.3) is 5.56 Å². The molecule has 0 unspecified atom stereocenters. The largest absolute Gasteiger partial charge is 0.481 e. The van der Waals surface area contributed by atoms with Crippen molar-refractivity contribution >= 4 is 10.9 Å². The second kappa shape index (κ2) is 10.5. The van der Waals surface area contributed by atoms with Gasteiger partial charge >= 0.3 is 0 Å². The maximum absolute atomic E-state index is 14.4. The Balaban J connectivity index is 1.35. The van der Waals surface area contributed by atoms with Gasteiger partial charge in [0.2, 0.25) is 5.88 Å². The minimum Gasteiger partial charge on any atom is -0.481 e. The standard InChI is InChI=1S/C33H35FN6O2/c1-20-5-4-11-39(17-20)18-24-16-26-28(21-6-7-21)19-40(33(41)31(26)36-24)29-13-22(14-30(37-29)42-3)25-9-8-23(34)15-27(25)32-35-10-12-38(32)2/h8-10,12-16,19-21,36H,4-7,11,17-18H2,1-3H3/t20-/m0/s1. The molecule has 5 heterocycles. The molecule has 0 spiro atoms.